The molecule has 5 heteroatoms. The Labute approximate surface area is 131 Å². The summed E-state index contributed by atoms with van der Waals surface area (Å²) >= 11 is 0. The summed E-state index contributed by atoms with van der Waals surface area (Å²) in [6.07, 6.45) is 0.101. The van der Waals surface area contributed by atoms with Gasteiger partial charge in [-0.1, -0.05) is 24.3 Å². The van der Waals surface area contributed by atoms with Crippen LogP contribution in [0.3, 0.4) is 0 Å². The zero-order valence-electron chi connectivity index (χ0n) is 13.7. The van der Waals surface area contributed by atoms with Gasteiger partial charge in [-0.3, -0.25) is 0 Å². The lowest BCUT2D eigenvalue weighted by molar-refractivity contribution is -0.257. The maximum atomic E-state index is 11.8. The smallest absolute Gasteiger partial charge is 0.335 e. The fourth-order valence-corrected chi connectivity index (χ4v) is 2.16. The van der Waals surface area contributed by atoms with Crippen molar-refractivity contribution in [2.75, 3.05) is 0 Å². The molecule has 1 rings (SSSR count). The van der Waals surface area contributed by atoms with Gasteiger partial charge in [-0.05, 0) is 34.1 Å². The summed E-state index contributed by atoms with van der Waals surface area (Å²) < 4.78 is 10.4. The summed E-state index contributed by atoms with van der Waals surface area (Å²) in [5, 5.41) is 10.7. The highest BCUT2D eigenvalue weighted by atomic mass is 16.7. The summed E-state index contributed by atoms with van der Waals surface area (Å²) in [5.41, 5.74) is 2.57. The molecule has 0 aromatic heterocycles. The van der Waals surface area contributed by atoms with Crippen LogP contribution in [0.4, 0.5) is 0 Å². The van der Waals surface area contributed by atoms with Gasteiger partial charge in [0.25, 0.3) is 0 Å². The highest BCUT2D eigenvalue weighted by Crippen LogP contribution is 2.37. The lowest BCUT2D eigenvalue weighted by Crippen LogP contribution is -2.51. The SMILES string of the molecule is C=C(C)C(=O)OC1CC(=C(C)C)CCC1(O)OC(=O)C(=C)C. The number of hydrogen-bond acceptors (Lipinski definition) is 5. The molecule has 22 heavy (non-hydrogen) atoms. The Balaban J connectivity index is 3.04. The number of ether oxygens (including phenoxy) is 2. The van der Waals surface area contributed by atoms with Crippen LogP contribution in [0.1, 0.15) is 47.0 Å². The van der Waals surface area contributed by atoms with Crippen LogP contribution in [0.2, 0.25) is 0 Å². The Morgan fingerprint density at radius 1 is 1.14 bits per heavy atom. The number of hydrogen-bond donors (Lipinski definition) is 1. The molecule has 2 unspecified atom stereocenters. The minimum absolute atomic E-state index is 0.167. The number of aliphatic hydroxyl groups is 1. The standard InChI is InChI=1S/C17H24O5/c1-10(2)13-7-8-17(20,22-16(19)12(5)6)14(9-13)21-15(18)11(3)4/h14,20H,3,5,7-9H2,1-2,4,6H3. The second-order valence-corrected chi connectivity index (χ2v) is 6.00. The van der Waals surface area contributed by atoms with E-state index in [9.17, 15) is 14.7 Å². The van der Waals surface area contributed by atoms with E-state index in [1.165, 1.54) is 13.8 Å². The van der Waals surface area contributed by atoms with Gasteiger partial charge in [-0.2, -0.15) is 0 Å². The van der Waals surface area contributed by atoms with E-state index in [1.807, 2.05) is 13.8 Å². The largest absolute Gasteiger partial charge is 0.452 e. The molecule has 122 valence electrons. The van der Waals surface area contributed by atoms with E-state index in [0.717, 1.165) is 11.1 Å². The summed E-state index contributed by atoms with van der Waals surface area (Å²) in [7, 11) is 0. The molecule has 0 bridgehead atoms. The van der Waals surface area contributed by atoms with Crippen LogP contribution in [-0.2, 0) is 19.1 Å². The zero-order chi connectivity index (χ0) is 17.1. The van der Waals surface area contributed by atoms with Crippen LogP contribution in [0.15, 0.2) is 35.5 Å². The van der Waals surface area contributed by atoms with E-state index in [-0.39, 0.29) is 17.6 Å². The fourth-order valence-electron chi connectivity index (χ4n) is 2.16. The molecule has 1 N–H and O–H groups in total. The number of allylic oxidation sites excluding steroid dienone is 1. The van der Waals surface area contributed by atoms with Crippen LogP contribution in [-0.4, -0.2) is 28.9 Å². The quantitative estimate of drug-likeness (QED) is 0.374. The minimum atomic E-state index is -1.85. The molecule has 2 atom stereocenters. The van der Waals surface area contributed by atoms with Crippen molar-refractivity contribution in [1.82, 2.24) is 0 Å². The molecule has 1 fully saturated rings. The van der Waals surface area contributed by atoms with Gasteiger partial charge >= 0.3 is 11.9 Å². The lowest BCUT2D eigenvalue weighted by atomic mass is 9.85. The molecule has 1 aliphatic rings. The van der Waals surface area contributed by atoms with Crippen molar-refractivity contribution >= 4 is 11.9 Å². The number of rotatable bonds is 4. The Morgan fingerprint density at radius 3 is 2.14 bits per heavy atom. The fraction of sp³-hybridized carbons (Fsp3) is 0.529. The van der Waals surface area contributed by atoms with Crippen LogP contribution >= 0.6 is 0 Å². The van der Waals surface area contributed by atoms with Crippen LogP contribution in [0.5, 0.6) is 0 Å². The van der Waals surface area contributed by atoms with E-state index < -0.39 is 23.8 Å². The van der Waals surface area contributed by atoms with Crippen LogP contribution < -0.4 is 0 Å². The van der Waals surface area contributed by atoms with Crippen molar-refractivity contribution in [2.45, 2.75) is 58.8 Å². The van der Waals surface area contributed by atoms with E-state index in [0.29, 0.717) is 12.8 Å². The molecule has 0 heterocycles. The van der Waals surface area contributed by atoms with Gasteiger partial charge in [0, 0.05) is 24.0 Å². The monoisotopic (exact) mass is 308 g/mol. The van der Waals surface area contributed by atoms with Gasteiger partial charge in [0.2, 0.25) is 5.79 Å². The van der Waals surface area contributed by atoms with Crippen molar-refractivity contribution in [1.29, 1.82) is 0 Å². The molecule has 1 saturated carbocycles. The van der Waals surface area contributed by atoms with Gasteiger partial charge in [0.15, 0.2) is 6.10 Å². The zero-order valence-corrected chi connectivity index (χ0v) is 13.7. The van der Waals surface area contributed by atoms with Crippen molar-refractivity contribution in [3.05, 3.63) is 35.5 Å². The third-order valence-corrected chi connectivity index (χ3v) is 3.64. The van der Waals surface area contributed by atoms with Gasteiger partial charge < -0.3 is 14.6 Å². The summed E-state index contributed by atoms with van der Waals surface area (Å²) in [6.45, 7) is 13.9. The van der Waals surface area contributed by atoms with Gasteiger partial charge in [0.1, 0.15) is 0 Å². The molecule has 0 aromatic rings. The van der Waals surface area contributed by atoms with Crippen LogP contribution in [0, 0.1) is 0 Å². The second-order valence-electron chi connectivity index (χ2n) is 6.00. The van der Waals surface area contributed by atoms with Crippen molar-refractivity contribution in [3.63, 3.8) is 0 Å². The first kappa shape index (κ1) is 18.2. The number of esters is 2. The molecule has 0 radical (unpaired) electrons. The first-order chi connectivity index (χ1) is 10.1. The Morgan fingerprint density at radius 2 is 1.68 bits per heavy atom. The number of carbonyl (C=O) groups excluding carboxylic acids is 2. The molecule has 0 aromatic carbocycles. The van der Waals surface area contributed by atoms with Gasteiger partial charge in [0.05, 0.1) is 0 Å². The predicted molar refractivity (Wildman–Crippen MR) is 82.8 cm³/mol. The Bertz CT molecular complexity index is 539. The third-order valence-electron chi connectivity index (χ3n) is 3.64. The third kappa shape index (κ3) is 4.31. The lowest BCUT2D eigenvalue weighted by Gasteiger charge is -2.39. The topological polar surface area (TPSA) is 72.8 Å². The van der Waals surface area contributed by atoms with Gasteiger partial charge in [-0.25, -0.2) is 9.59 Å². The molecule has 0 aliphatic heterocycles. The molecule has 0 spiro atoms. The molecular formula is C17H24O5. The Hall–Kier alpha value is -1.88. The first-order valence-corrected chi connectivity index (χ1v) is 7.19. The molecular weight excluding hydrogens is 284 g/mol. The maximum absolute atomic E-state index is 11.8. The molecule has 0 amide bonds. The van der Waals surface area contributed by atoms with E-state index in [2.05, 4.69) is 13.2 Å². The van der Waals surface area contributed by atoms with Crippen LogP contribution in [0.25, 0.3) is 0 Å². The summed E-state index contributed by atoms with van der Waals surface area (Å²) in [6, 6.07) is 0. The van der Waals surface area contributed by atoms with Crippen molar-refractivity contribution < 1.29 is 24.2 Å². The van der Waals surface area contributed by atoms with Crippen molar-refractivity contribution in [3.8, 4) is 0 Å². The van der Waals surface area contributed by atoms with E-state index in [1.54, 1.807) is 0 Å². The summed E-state index contributed by atoms with van der Waals surface area (Å²) in [5.74, 6) is -3.18. The average Bonchev–Trinajstić information content (AvgIpc) is 2.40. The minimum Gasteiger partial charge on any atom is -0.452 e. The molecule has 5 nitrogen and oxygen atoms in total. The normalized spacial score (nSPS) is 24.4. The van der Waals surface area contributed by atoms with Crippen molar-refractivity contribution in [2.24, 2.45) is 0 Å². The Kier molecular flexibility index (Phi) is 5.72. The highest BCUT2D eigenvalue weighted by Gasteiger charge is 2.47. The first-order valence-electron chi connectivity index (χ1n) is 7.19. The second kappa shape index (κ2) is 6.92. The molecule has 1 aliphatic carbocycles. The van der Waals surface area contributed by atoms with E-state index >= 15 is 0 Å². The molecule has 0 saturated heterocycles. The van der Waals surface area contributed by atoms with Gasteiger partial charge in [-0.15, -0.1) is 0 Å². The highest BCUT2D eigenvalue weighted by molar-refractivity contribution is 5.88. The summed E-state index contributed by atoms with van der Waals surface area (Å²) in [4.78, 5) is 23.5. The van der Waals surface area contributed by atoms with E-state index in [4.69, 9.17) is 9.47 Å². The maximum Gasteiger partial charge on any atom is 0.335 e. The number of carbonyl (C=O) groups is 2. The average molecular weight is 308 g/mol. The predicted octanol–water partition coefficient (Wildman–Crippen LogP) is 2.80.